The van der Waals surface area contributed by atoms with E-state index in [0.717, 1.165) is 5.56 Å². The van der Waals surface area contributed by atoms with Crippen LogP contribution in [0.15, 0.2) is 30.6 Å². The van der Waals surface area contributed by atoms with Crippen LogP contribution in [0.2, 0.25) is 0 Å². The third-order valence-corrected chi connectivity index (χ3v) is 5.27. The number of nitro groups is 1. The van der Waals surface area contributed by atoms with Gasteiger partial charge in [-0.15, -0.1) is 0 Å². The highest BCUT2D eigenvalue weighted by Gasteiger charge is 2.24. The van der Waals surface area contributed by atoms with Gasteiger partial charge in [-0.3, -0.25) is 24.3 Å². The number of aryl methyl sites for hydroxylation is 1. The van der Waals surface area contributed by atoms with Crippen molar-refractivity contribution in [2.24, 2.45) is 5.92 Å². The van der Waals surface area contributed by atoms with Crippen molar-refractivity contribution < 1.29 is 19.2 Å². The average molecular weight is 471 g/mol. The summed E-state index contributed by atoms with van der Waals surface area (Å²) in [7, 11) is 0. The van der Waals surface area contributed by atoms with E-state index in [1.807, 2.05) is 32.0 Å². The molecule has 3 aromatic rings. The van der Waals surface area contributed by atoms with Gasteiger partial charge < -0.3 is 14.8 Å². The molecule has 0 spiro atoms. The molecule has 1 amide bonds. The number of nitrogens with one attached hydrogen (secondary N) is 1. The van der Waals surface area contributed by atoms with Crippen LogP contribution < -0.4 is 14.8 Å². The number of hydrogen-bond donors (Lipinski definition) is 1. The Kier molecular flexibility index (Phi) is 7.87. The molecule has 11 nitrogen and oxygen atoms in total. The Labute approximate surface area is 197 Å². The van der Waals surface area contributed by atoms with Gasteiger partial charge in [0.15, 0.2) is 11.5 Å². The lowest BCUT2D eigenvalue weighted by molar-refractivity contribution is -0.386. The molecule has 0 aliphatic heterocycles. The number of rotatable bonds is 11. The number of nitrogens with zero attached hydrogens (tertiary/aromatic N) is 5. The lowest BCUT2D eigenvalue weighted by Gasteiger charge is -2.13. The minimum Gasteiger partial charge on any atom is -0.490 e. The molecule has 1 aromatic carbocycles. The van der Waals surface area contributed by atoms with Crippen LogP contribution in [0.4, 0.5) is 11.4 Å². The van der Waals surface area contributed by atoms with Crippen molar-refractivity contribution in [1.29, 1.82) is 0 Å². The number of carbonyl (C=O) groups is 1. The van der Waals surface area contributed by atoms with Crippen molar-refractivity contribution in [3.63, 3.8) is 0 Å². The zero-order valence-electron chi connectivity index (χ0n) is 20.1. The summed E-state index contributed by atoms with van der Waals surface area (Å²) < 4.78 is 14.5. The molecule has 3 rings (SSSR count). The molecule has 0 saturated heterocycles. The van der Waals surface area contributed by atoms with Gasteiger partial charge in [0.1, 0.15) is 11.4 Å². The molecule has 34 heavy (non-hydrogen) atoms. The van der Waals surface area contributed by atoms with E-state index >= 15 is 0 Å². The van der Waals surface area contributed by atoms with Gasteiger partial charge in [-0.2, -0.15) is 10.2 Å². The lowest BCUT2D eigenvalue weighted by atomic mass is 10.1. The van der Waals surface area contributed by atoms with Gasteiger partial charge in [0.05, 0.1) is 49.0 Å². The normalized spacial score (nSPS) is 11.8. The quantitative estimate of drug-likeness (QED) is 0.334. The van der Waals surface area contributed by atoms with Gasteiger partial charge in [0.25, 0.3) is 0 Å². The van der Waals surface area contributed by atoms with Crippen LogP contribution in [-0.4, -0.2) is 43.6 Å². The summed E-state index contributed by atoms with van der Waals surface area (Å²) in [6, 6.07) is 5.74. The van der Waals surface area contributed by atoms with Crippen molar-refractivity contribution in [1.82, 2.24) is 19.6 Å². The largest absolute Gasteiger partial charge is 0.490 e. The Morgan fingerprint density at radius 3 is 2.56 bits per heavy atom. The van der Waals surface area contributed by atoms with Crippen molar-refractivity contribution >= 4 is 17.3 Å². The van der Waals surface area contributed by atoms with Crippen molar-refractivity contribution in [2.75, 3.05) is 18.5 Å². The Bertz CT molecular complexity index is 1170. The number of amides is 1. The Hall–Kier alpha value is -3.89. The maximum absolute atomic E-state index is 12.7. The molecule has 0 aliphatic rings. The van der Waals surface area contributed by atoms with Crippen LogP contribution in [0.1, 0.15) is 37.7 Å². The second kappa shape index (κ2) is 10.8. The summed E-state index contributed by atoms with van der Waals surface area (Å²) in [5.74, 6) is 0.694. The van der Waals surface area contributed by atoms with E-state index in [9.17, 15) is 14.9 Å². The van der Waals surface area contributed by atoms with Gasteiger partial charge in [-0.05, 0) is 45.4 Å². The molecule has 1 N–H and O–H groups in total. The molecule has 0 fully saturated rings. The van der Waals surface area contributed by atoms with Gasteiger partial charge in [-0.1, -0.05) is 13.0 Å². The Morgan fingerprint density at radius 2 is 1.91 bits per heavy atom. The van der Waals surface area contributed by atoms with Crippen molar-refractivity contribution in [3.05, 3.63) is 57.7 Å². The number of aromatic nitrogens is 4. The van der Waals surface area contributed by atoms with Crippen molar-refractivity contribution in [2.45, 2.75) is 47.7 Å². The fraction of sp³-hybridized carbons (Fsp3) is 0.435. The molecule has 0 bridgehead atoms. The monoisotopic (exact) mass is 470 g/mol. The zero-order valence-corrected chi connectivity index (χ0v) is 20.1. The summed E-state index contributed by atoms with van der Waals surface area (Å²) in [6.07, 6.45) is 3.33. The molecule has 11 heteroatoms. The van der Waals surface area contributed by atoms with E-state index in [1.165, 1.54) is 4.68 Å². The third-order valence-electron chi connectivity index (χ3n) is 5.27. The van der Waals surface area contributed by atoms with Crippen molar-refractivity contribution in [3.8, 4) is 11.5 Å². The Balaban J connectivity index is 1.63. The molecule has 182 valence electrons. The zero-order chi connectivity index (χ0) is 24.8. The first-order chi connectivity index (χ1) is 16.2. The van der Waals surface area contributed by atoms with Gasteiger partial charge in [0, 0.05) is 6.20 Å². The molecular formula is C23H30N6O5. The first kappa shape index (κ1) is 24.7. The average Bonchev–Trinajstić information content (AvgIpc) is 3.33. The molecule has 0 saturated carbocycles. The van der Waals surface area contributed by atoms with Gasteiger partial charge >= 0.3 is 5.69 Å². The summed E-state index contributed by atoms with van der Waals surface area (Å²) in [5, 5.41) is 22.6. The summed E-state index contributed by atoms with van der Waals surface area (Å²) >= 11 is 0. The van der Waals surface area contributed by atoms with Crippen LogP contribution in [0.25, 0.3) is 0 Å². The standard InChI is InChI=1S/C23H30N6O5/c1-6-33-20-9-8-18(10-21(20)34-7-2)13-27-14-19(11-24-27)25-23(30)15(3)12-28-17(5)22(29(31)32)16(4)26-28/h8-11,14-15H,6-7,12-13H2,1-5H3,(H,25,30). The highest BCUT2D eigenvalue weighted by molar-refractivity contribution is 5.92. The minimum absolute atomic E-state index is 0.0179. The molecule has 1 unspecified atom stereocenters. The van der Waals surface area contributed by atoms with E-state index in [1.54, 1.807) is 37.8 Å². The second-order valence-corrected chi connectivity index (χ2v) is 7.92. The maximum Gasteiger partial charge on any atom is 0.312 e. The lowest BCUT2D eigenvalue weighted by Crippen LogP contribution is -2.25. The third kappa shape index (κ3) is 5.72. The SMILES string of the molecule is CCOc1ccc(Cn2cc(NC(=O)C(C)Cn3nc(C)c([N+](=O)[O-])c3C)cn2)cc1OCC. The van der Waals surface area contributed by atoms with Gasteiger partial charge in [-0.25, -0.2) is 0 Å². The molecule has 2 heterocycles. The first-order valence-corrected chi connectivity index (χ1v) is 11.1. The summed E-state index contributed by atoms with van der Waals surface area (Å²) in [5.41, 5.74) is 2.28. The van der Waals surface area contributed by atoms with Gasteiger partial charge in [0.2, 0.25) is 5.91 Å². The predicted octanol–water partition coefficient (Wildman–Crippen LogP) is 3.73. The molecule has 2 aromatic heterocycles. The van der Waals surface area contributed by atoms with Crippen LogP contribution in [-0.2, 0) is 17.9 Å². The van der Waals surface area contributed by atoms with E-state index < -0.39 is 10.8 Å². The topological polar surface area (TPSA) is 126 Å². The fourth-order valence-corrected chi connectivity index (χ4v) is 3.63. The van der Waals surface area contributed by atoms with Crippen LogP contribution >= 0.6 is 0 Å². The molecule has 0 radical (unpaired) electrons. The highest BCUT2D eigenvalue weighted by Crippen LogP contribution is 2.29. The number of ether oxygens (including phenoxy) is 2. The maximum atomic E-state index is 12.7. The number of anilines is 1. The van der Waals surface area contributed by atoms with Crippen LogP contribution in [0.5, 0.6) is 11.5 Å². The second-order valence-electron chi connectivity index (χ2n) is 7.92. The Morgan fingerprint density at radius 1 is 1.21 bits per heavy atom. The molecular weight excluding hydrogens is 440 g/mol. The number of hydrogen-bond acceptors (Lipinski definition) is 7. The molecule has 1 atom stereocenters. The van der Waals surface area contributed by atoms with E-state index in [2.05, 4.69) is 15.5 Å². The summed E-state index contributed by atoms with van der Waals surface area (Å²) in [4.78, 5) is 23.4. The van der Waals surface area contributed by atoms with E-state index in [4.69, 9.17) is 9.47 Å². The van der Waals surface area contributed by atoms with Crippen LogP contribution in [0, 0.1) is 29.9 Å². The van der Waals surface area contributed by atoms with E-state index in [-0.39, 0.29) is 18.1 Å². The van der Waals surface area contributed by atoms with Crippen LogP contribution in [0.3, 0.4) is 0 Å². The number of carbonyl (C=O) groups excluding carboxylic acids is 1. The summed E-state index contributed by atoms with van der Waals surface area (Å²) in [6.45, 7) is 10.6. The smallest absolute Gasteiger partial charge is 0.312 e. The molecule has 0 aliphatic carbocycles. The van der Waals surface area contributed by atoms with E-state index in [0.29, 0.717) is 48.3 Å². The minimum atomic E-state index is -0.458. The first-order valence-electron chi connectivity index (χ1n) is 11.1. The predicted molar refractivity (Wildman–Crippen MR) is 126 cm³/mol. The fourth-order valence-electron chi connectivity index (χ4n) is 3.63. The number of benzene rings is 1. The highest BCUT2D eigenvalue weighted by atomic mass is 16.6.